The molecule has 1 amide bonds. The van der Waals surface area contributed by atoms with Gasteiger partial charge in [0, 0.05) is 17.9 Å². The number of hydrogen-bond donors (Lipinski definition) is 2. The number of nitrogens with one attached hydrogen (secondary N) is 2. The number of benzene rings is 2. The van der Waals surface area contributed by atoms with E-state index in [1.54, 1.807) is 19.1 Å². The van der Waals surface area contributed by atoms with Gasteiger partial charge in [-0.2, -0.15) is 0 Å². The molecule has 2 aromatic rings. The van der Waals surface area contributed by atoms with E-state index in [1.165, 1.54) is 0 Å². The van der Waals surface area contributed by atoms with Crippen molar-refractivity contribution in [2.75, 3.05) is 11.9 Å². The molecule has 0 saturated carbocycles. The Morgan fingerprint density at radius 3 is 2.33 bits per heavy atom. The van der Waals surface area contributed by atoms with E-state index in [4.69, 9.17) is 9.47 Å². The lowest BCUT2D eigenvalue weighted by molar-refractivity contribution is 0.0514. The van der Waals surface area contributed by atoms with Crippen molar-refractivity contribution in [3.05, 3.63) is 59.7 Å². The third-order valence-electron chi connectivity index (χ3n) is 3.45. The van der Waals surface area contributed by atoms with E-state index in [1.807, 2.05) is 57.2 Å². The summed E-state index contributed by atoms with van der Waals surface area (Å²) in [6, 6.07) is 14.8. The Hall–Kier alpha value is -3.02. The third-order valence-corrected chi connectivity index (χ3v) is 3.45. The first-order chi connectivity index (χ1) is 12.8. The average Bonchev–Trinajstić information content (AvgIpc) is 2.60. The maximum absolute atomic E-state index is 11.8. The van der Waals surface area contributed by atoms with Gasteiger partial charge in [0.25, 0.3) is 0 Å². The SMILES string of the molecule is CCOC(=O)c1ccc(Nc2cccc(CNC(=O)OC(C)(C)C)c2)cc1. The van der Waals surface area contributed by atoms with Crippen LogP contribution < -0.4 is 10.6 Å². The lowest BCUT2D eigenvalue weighted by Gasteiger charge is -2.19. The quantitative estimate of drug-likeness (QED) is 0.725. The van der Waals surface area contributed by atoms with Gasteiger partial charge in [-0.05, 0) is 69.7 Å². The number of hydrogen-bond acceptors (Lipinski definition) is 5. The van der Waals surface area contributed by atoms with Gasteiger partial charge in [0.1, 0.15) is 5.60 Å². The molecule has 0 heterocycles. The second-order valence-corrected chi connectivity index (χ2v) is 6.98. The first kappa shape index (κ1) is 20.3. The highest BCUT2D eigenvalue weighted by Gasteiger charge is 2.15. The van der Waals surface area contributed by atoms with Gasteiger partial charge in [-0.1, -0.05) is 12.1 Å². The number of alkyl carbamates (subject to hydrolysis) is 1. The van der Waals surface area contributed by atoms with Gasteiger partial charge in [-0.3, -0.25) is 0 Å². The fourth-order valence-electron chi connectivity index (χ4n) is 2.32. The molecular weight excluding hydrogens is 344 g/mol. The summed E-state index contributed by atoms with van der Waals surface area (Å²) in [6.45, 7) is 7.96. The highest BCUT2D eigenvalue weighted by molar-refractivity contribution is 5.89. The Morgan fingerprint density at radius 1 is 1.00 bits per heavy atom. The molecule has 0 bridgehead atoms. The smallest absolute Gasteiger partial charge is 0.407 e. The number of carbonyl (C=O) groups is 2. The predicted octanol–water partition coefficient (Wildman–Crippen LogP) is 4.63. The maximum Gasteiger partial charge on any atom is 0.407 e. The molecule has 0 saturated heterocycles. The van der Waals surface area contributed by atoms with Crippen LogP contribution in [0.3, 0.4) is 0 Å². The molecule has 0 fully saturated rings. The minimum absolute atomic E-state index is 0.334. The molecule has 0 aromatic heterocycles. The van der Waals surface area contributed by atoms with Crippen molar-refractivity contribution >= 4 is 23.4 Å². The molecule has 144 valence electrons. The van der Waals surface area contributed by atoms with Crippen LogP contribution in [0.2, 0.25) is 0 Å². The van der Waals surface area contributed by atoms with Crippen LogP contribution in [0.15, 0.2) is 48.5 Å². The van der Waals surface area contributed by atoms with E-state index in [0.717, 1.165) is 16.9 Å². The van der Waals surface area contributed by atoms with Gasteiger partial charge < -0.3 is 20.1 Å². The van der Waals surface area contributed by atoms with Crippen molar-refractivity contribution in [3.8, 4) is 0 Å². The van der Waals surface area contributed by atoms with Crippen molar-refractivity contribution in [2.24, 2.45) is 0 Å². The van der Waals surface area contributed by atoms with Crippen LogP contribution in [0.4, 0.5) is 16.2 Å². The van der Waals surface area contributed by atoms with Crippen LogP contribution in [-0.2, 0) is 16.0 Å². The van der Waals surface area contributed by atoms with E-state index < -0.39 is 11.7 Å². The average molecular weight is 370 g/mol. The monoisotopic (exact) mass is 370 g/mol. The molecule has 0 aliphatic carbocycles. The number of anilines is 2. The van der Waals surface area contributed by atoms with Crippen LogP contribution in [0.5, 0.6) is 0 Å². The van der Waals surface area contributed by atoms with Gasteiger partial charge in [0.05, 0.1) is 12.2 Å². The normalized spacial score (nSPS) is 10.8. The summed E-state index contributed by atoms with van der Waals surface area (Å²) >= 11 is 0. The van der Waals surface area contributed by atoms with Crippen molar-refractivity contribution in [1.29, 1.82) is 0 Å². The number of carbonyl (C=O) groups excluding carboxylic acids is 2. The lowest BCUT2D eigenvalue weighted by atomic mass is 10.1. The molecule has 0 radical (unpaired) electrons. The van der Waals surface area contributed by atoms with Crippen molar-refractivity contribution in [3.63, 3.8) is 0 Å². The van der Waals surface area contributed by atoms with E-state index in [9.17, 15) is 9.59 Å². The first-order valence-electron chi connectivity index (χ1n) is 8.87. The largest absolute Gasteiger partial charge is 0.462 e. The molecule has 2 aromatic carbocycles. The summed E-state index contributed by atoms with van der Waals surface area (Å²) in [5.41, 5.74) is 2.65. The van der Waals surface area contributed by atoms with Crippen LogP contribution in [0.1, 0.15) is 43.6 Å². The van der Waals surface area contributed by atoms with Crippen LogP contribution >= 0.6 is 0 Å². The molecule has 2 rings (SSSR count). The molecule has 0 aliphatic rings. The number of rotatable bonds is 6. The Morgan fingerprint density at radius 2 is 1.70 bits per heavy atom. The number of amides is 1. The molecular formula is C21H26N2O4. The van der Waals surface area contributed by atoms with Crippen molar-refractivity contribution in [2.45, 2.75) is 39.8 Å². The summed E-state index contributed by atoms with van der Waals surface area (Å²) < 4.78 is 10.2. The zero-order chi connectivity index (χ0) is 19.9. The summed E-state index contributed by atoms with van der Waals surface area (Å²) in [6.07, 6.45) is -0.449. The van der Waals surface area contributed by atoms with Crippen LogP contribution in [0.25, 0.3) is 0 Å². The van der Waals surface area contributed by atoms with E-state index >= 15 is 0 Å². The molecule has 0 aliphatic heterocycles. The molecule has 27 heavy (non-hydrogen) atoms. The van der Waals surface area contributed by atoms with Gasteiger partial charge in [0.15, 0.2) is 0 Å². The molecule has 6 nitrogen and oxygen atoms in total. The summed E-state index contributed by atoms with van der Waals surface area (Å²) in [4.78, 5) is 23.4. The summed E-state index contributed by atoms with van der Waals surface area (Å²) in [5.74, 6) is -0.334. The zero-order valence-corrected chi connectivity index (χ0v) is 16.2. The maximum atomic E-state index is 11.8. The van der Waals surface area contributed by atoms with Crippen LogP contribution in [-0.4, -0.2) is 24.3 Å². The topological polar surface area (TPSA) is 76.7 Å². The molecule has 0 unspecified atom stereocenters. The lowest BCUT2D eigenvalue weighted by Crippen LogP contribution is -2.32. The predicted molar refractivity (Wildman–Crippen MR) is 105 cm³/mol. The van der Waals surface area contributed by atoms with Crippen LogP contribution in [0, 0.1) is 0 Å². The van der Waals surface area contributed by atoms with E-state index in [-0.39, 0.29) is 5.97 Å². The third kappa shape index (κ3) is 7.01. The van der Waals surface area contributed by atoms with Crippen molar-refractivity contribution in [1.82, 2.24) is 5.32 Å². The Balaban J connectivity index is 1.95. The number of esters is 1. The summed E-state index contributed by atoms with van der Waals surface area (Å²) in [7, 11) is 0. The van der Waals surface area contributed by atoms with E-state index in [2.05, 4.69) is 10.6 Å². The van der Waals surface area contributed by atoms with E-state index in [0.29, 0.717) is 18.7 Å². The highest BCUT2D eigenvalue weighted by atomic mass is 16.6. The molecule has 0 atom stereocenters. The van der Waals surface area contributed by atoms with Gasteiger partial charge in [-0.15, -0.1) is 0 Å². The minimum Gasteiger partial charge on any atom is -0.462 e. The zero-order valence-electron chi connectivity index (χ0n) is 16.2. The Kier molecular flexibility index (Phi) is 6.82. The molecule has 6 heteroatoms. The van der Waals surface area contributed by atoms with Gasteiger partial charge in [-0.25, -0.2) is 9.59 Å². The second-order valence-electron chi connectivity index (χ2n) is 6.98. The fourth-order valence-corrected chi connectivity index (χ4v) is 2.32. The molecule has 2 N–H and O–H groups in total. The standard InChI is InChI=1S/C21H26N2O4/c1-5-26-19(24)16-9-11-17(12-10-16)23-18-8-6-7-15(13-18)14-22-20(25)27-21(2,3)4/h6-13,23H,5,14H2,1-4H3,(H,22,25). The molecule has 0 spiro atoms. The number of ether oxygens (including phenoxy) is 2. The fraction of sp³-hybridized carbons (Fsp3) is 0.333. The van der Waals surface area contributed by atoms with Crippen molar-refractivity contribution < 1.29 is 19.1 Å². The minimum atomic E-state index is -0.525. The second kappa shape index (κ2) is 9.07. The Bertz CT molecular complexity index is 780. The Labute approximate surface area is 159 Å². The highest BCUT2D eigenvalue weighted by Crippen LogP contribution is 2.19. The van der Waals surface area contributed by atoms with Gasteiger partial charge >= 0.3 is 12.1 Å². The first-order valence-corrected chi connectivity index (χ1v) is 8.87. The summed E-state index contributed by atoms with van der Waals surface area (Å²) in [5, 5.41) is 6.01. The van der Waals surface area contributed by atoms with Gasteiger partial charge in [0.2, 0.25) is 0 Å².